The molecule has 0 radical (unpaired) electrons. The van der Waals surface area contributed by atoms with Gasteiger partial charge in [-0.15, -0.1) is 0 Å². The maximum absolute atomic E-state index is 3.64. The quantitative estimate of drug-likeness (QED) is 0.606. The zero-order valence-corrected chi connectivity index (χ0v) is 5.76. The van der Waals surface area contributed by atoms with E-state index in [0.29, 0.717) is 0 Å². The fourth-order valence-electron chi connectivity index (χ4n) is 0. The monoisotopic (exact) mass is 245 g/mol. The van der Waals surface area contributed by atoms with Crippen molar-refractivity contribution in [2.45, 2.75) is 0 Å². The van der Waals surface area contributed by atoms with Gasteiger partial charge >= 0.3 is 41.4 Å². The second-order valence-corrected chi connectivity index (χ2v) is 1.35. The number of thiol groups is 1. The SMILES string of the molecule is SN[CH]=[W]. The summed E-state index contributed by atoms with van der Waals surface area (Å²) < 4.78 is 4.36. The van der Waals surface area contributed by atoms with Crippen LogP contribution in [0.15, 0.2) is 0 Å². The molecule has 0 fully saturated rings. The molecular formula is CH3NSW. The third kappa shape index (κ3) is 2.87. The van der Waals surface area contributed by atoms with Crippen molar-refractivity contribution in [3.05, 3.63) is 0 Å². The van der Waals surface area contributed by atoms with E-state index in [1.54, 1.807) is 0 Å². The van der Waals surface area contributed by atoms with Gasteiger partial charge in [-0.3, -0.25) is 0 Å². The van der Waals surface area contributed by atoms with Gasteiger partial charge in [0.25, 0.3) is 0 Å². The van der Waals surface area contributed by atoms with Gasteiger partial charge < -0.3 is 0 Å². The molecule has 1 N–H and O–H groups in total. The summed E-state index contributed by atoms with van der Waals surface area (Å²) in [4.78, 5) is 0. The fourth-order valence-corrected chi connectivity index (χ4v) is 0. The van der Waals surface area contributed by atoms with Crippen LogP contribution in [0.4, 0.5) is 0 Å². The van der Waals surface area contributed by atoms with Crippen molar-refractivity contribution in [1.82, 2.24) is 4.72 Å². The maximum atomic E-state index is 3.64. The third-order valence-electron chi connectivity index (χ3n) is 0.0527. The summed E-state index contributed by atoms with van der Waals surface area (Å²) in [6, 6.07) is 0. The predicted octanol–water partition coefficient (Wildman–Crippen LogP) is -0.273. The van der Waals surface area contributed by atoms with Crippen molar-refractivity contribution in [3.63, 3.8) is 0 Å². The van der Waals surface area contributed by atoms with Gasteiger partial charge in [0.1, 0.15) is 0 Å². The van der Waals surface area contributed by atoms with Crippen LogP contribution in [-0.4, -0.2) is 4.52 Å². The molecule has 0 bridgehead atoms. The summed E-state index contributed by atoms with van der Waals surface area (Å²) in [5.41, 5.74) is 0. The Morgan fingerprint density at radius 3 is 2.25 bits per heavy atom. The van der Waals surface area contributed by atoms with Crippen LogP contribution in [0.2, 0.25) is 0 Å². The predicted molar refractivity (Wildman–Crippen MR) is 18.2 cm³/mol. The van der Waals surface area contributed by atoms with Gasteiger partial charge in [-0.1, -0.05) is 0 Å². The molecular weight excluding hydrogens is 242 g/mol. The van der Waals surface area contributed by atoms with Crippen molar-refractivity contribution in [3.8, 4) is 0 Å². The Balaban J connectivity index is 2.30. The molecule has 0 aromatic rings. The van der Waals surface area contributed by atoms with Crippen LogP contribution in [0, 0.1) is 0 Å². The molecule has 0 heterocycles. The molecule has 0 unspecified atom stereocenters. The van der Waals surface area contributed by atoms with Crippen LogP contribution in [-0.2, 0) is 19.4 Å². The van der Waals surface area contributed by atoms with E-state index < -0.39 is 0 Å². The molecule has 0 aromatic heterocycles. The van der Waals surface area contributed by atoms with Crippen molar-refractivity contribution < 1.29 is 19.4 Å². The third-order valence-corrected chi connectivity index (χ3v) is 1.29. The molecule has 0 aliphatic rings. The average molecular weight is 245 g/mol. The topological polar surface area (TPSA) is 12.0 Å². The van der Waals surface area contributed by atoms with E-state index in [1.165, 1.54) is 19.4 Å². The standard InChI is InChI=1S/CH3NS.W/c1-2-3;/h1-3H;. The number of hydrogen-bond acceptors (Lipinski definition) is 2. The molecule has 0 amide bonds. The van der Waals surface area contributed by atoms with Gasteiger partial charge in [0.05, 0.1) is 0 Å². The van der Waals surface area contributed by atoms with Crippen LogP contribution in [0.25, 0.3) is 0 Å². The van der Waals surface area contributed by atoms with Crippen molar-refractivity contribution in [1.29, 1.82) is 0 Å². The Bertz CT molecular complexity index is 22.0. The van der Waals surface area contributed by atoms with Crippen LogP contribution < -0.4 is 4.72 Å². The first kappa shape index (κ1) is 4.87. The van der Waals surface area contributed by atoms with Crippen molar-refractivity contribution >= 4 is 17.3 Å². The molecule has 3 heteroatoms. The normalized spacial score (nSPS) is 6.25. The zero-order chi connectivity index (χ0) is 3.41. The molecule has 0 atom stereocenters. The van der Waals surface area contributed by atoms with Gasteiger partial charge in [0, 0.05) is 0 Å². The molecule has 0 rings (SSSR count). The molecule has 24 valence electrons. The Kier molecular flexibility index (Phi) is 4.71. The van der Waals surface area contributed by atoms with Gasteiger partial charge in [0.15, 0.2) is 0 Å². The molecule has 0 saturated carbocycles. The van der Waals surface area contributed by atoms with Crippen LogP contribution in [0.3, 0.4) is 0 Å². The Morgan fingerprint density at radius 1 is 2.00 bits per heavy atom. The molecule has 0 aromatic carbocycles. The summed E-state index contributed by atoms with van der Waals surface area (Å²) >= 11 is 5.03. The summed E-state index contributed by atoms with van der Waals surface area (Å²) in [6.45, 7) is 0. The van der Waals surface area contributed by atoms with Crippen molar-refractivity contribution in [2.24, 2.45) is 0 Å². The second-order valence-electron chi connectivity index (χ2n) is 0.247. The summed E-state index contributed by atoms with van der Waals surface area (Å²) in [5.74, 6) is 0. The number of hydrogen-bond donors (Lipinski definition) is 2. The Morgan fingerprint density at radius 2 is 2.25 bits per heavy atom. The van der Waals surface area contributed by atoms with Crippen LogP contribution >= 0.6 is 12.8 Å². The van der Waals surface area contributed by atoms with E-state index in [2.05, 4.69) is 17.5 Å². The molecule has 4 heavy (non-hydrogen) atoms. The summed E-state index contributed by atoms with van der Waals surface area (Å²) in [5, 5.41) is 0. The molecule has 0 spiro atoms. The molecule has 1 nitrogen and oxygen atoms in total. The van der Waals surface area contributed by atoms with Gasteiger partial charge in [-0.25, -0.2) is 0 Å². The number of nitrogens with one attached hydrogen (secondary N) is 1. The zero-order valence-electron chi connectivity index (χ0n) is 1.93. The average Bonchev–Trinajstić information content (AvgIpc) is 1.37. The van der Waals surface area contributed by atoms with E-state index >= 15 is 0 Å². The Hall–Kier alpha value is 0.868. The van der Waals surface area contributed by atoms with Crippen LogP contribution in [0.5, 0.6) is 0 Å². The molecule has 0 aliphatic carbocycles. The second kappa shape index (κ2) is 3.87. The van der Waals surface area contributed by atoms with E-state index in [1.807, 2.05) is 4.52 Å². The first-order valence-electron chi connectivity index (χ1n) is 0.748. The van der Waals surface area contributed by atoms with Gasteiger partial charge in [-0.05, 0) is 0 Å². The van der Waals surface area contributed by atoms with Crippen LogP contribution in [0.1, 0.15) is 0 Å². The van der Waals surface area contributed by atoms with E-state index in [-0.39, 0.29) is 0 Å². The minimum atomic E-state index is 1.39. The summed E-state index contributed by atoms with van der Waals surface area (Å²) in [6.07, 6.45) is 0. The first-order valence-corrected chi connectivity index (χ1v) is 2.89. The number of rotatable bonds is 1. The Labute approximate surface area is 41.7 Å². The fraction of sp³-hybridized carbons (Fsp3) is 0. The van der Waals surface area contributed by atoms with E-state index in [0.717, 1.165) is 0 Å². The van der Waals surface area contributed by atoms with Crippen molar-refractivity contribution in [2.75, 3.05) is 0 Å². The van der Waals surface area contributed by atoms with Gasteiger partial charge in [0.2, 0.25) is 0 Å². The van der Waals surface area contributed by atoms with E-state index in [9.17, 15) is 0 Å². The van der Waals surface area contributed by atoms with Gasteiger partial charge in [-0.2, -0.15) is 0 Å². The molecule has 0 aliphatic heterocycles. The molecule has 0 saturated heterocycles. The summed E-state index contributed by atoms with van der Waals surface area (Å²) in [7, 11) is 0. The van der Waals surface area contributed by atoms with E-state index in [4.69, 9.17) is 0 Å². The first-order chi connectivity index (χ1) is 1.91. The minimum absolute atomic E-state index is 1.39.